The normalized spacial score (nSPS) is 15.5. The van der Waals surface area contributed by atoms with Crippen LogP contribution in [0.4, 0.5) is 5.82 Å². The van der Waals surface area contributed by atoms with Crippen molar-refractivity contribution in [1.82, 2.24) is 15.6 Å². The summed E-state index contributed by atoms with van der Waals surface area (Å²) in [6.45, 7) is 9.82. The second-order valence-electron chi connectivity index (χ2n) is 7.67. The average Bonchev–Trinajstić information content (AvgIpc) is 2.83. The van der Waals surface area contributed by atoms with E-state index in [4.69, 9.17) is 14.5 Å². The molecule has 0 bridgehead atoms. The molecule has 31 heavy (non-hydrogen) atoms. The van der Waals surface area contributed by atoms with Crippen molar-refractivity contribution in [1.29, 1.82) is 0 Å². The minimum Gasteiger partial charge on any atom is -0.497 e. The van der Waals surface area contributed by atoms with Crippen LogP contribution in [0, 0.1) is 0 Å². The Morgan fingerprint density at radius 3 is 2.68 bits per heavy atom. The van der Waals surface area contributed by atoms with Crippen LogP contribution >= 0.6 is 0 Å². The Morgan fingerprint density at radius 2 is 1.97 bits per heavy atom. The maximum atomic E-state index is 5.48. The van der Waals surface area contributed by atoms with Gasteiger partial charge in [-0.25, -0.2) is 9.98 Å². The van der Waals surface area contributed by atoms with Gasteiger partial charge in [0.15, 0.2) is 5.96 Å². The number of hydrogen-bond donors (Lipinski definition) is 2. The van der Waals surface area contributed by atoms with Gasteiger partial charge in [0.1, 0.15) is 11.6 Å². The number of rotatable bonds is 9. The largest absolute Gasteiger partial charge is 0.497 e. The standard InChI is InChI=1S/C24H35N5O2/c1-4-25-24(27-13-11-19(2)20-7-9-22(30-3)10-8-20)28-18-21-6-5-12-26-23(21)29-14-16-31-17-15-29/h5-10,12,19H,4,11,13-18H2,1-3H3,(H2,25,27,28). The van der Waals surface area contributed by atoms with Crippen molar-refractivity contribution < 1.29 is 9.47 Å². The average molecular weight is 426 g/mol. The van der Waals surface area contributed by atoms with Gasteiger partial charge < -0.3 is 25.0 Å². The van der Waals surface area contributed by atoms with Gasteiger partial charge in [0.25, 0.3) is 0 Å². The minimum atomic E-state index is 0.451. The monoisotopic (exact) mass is 425 g/mol. The van der Waals surface area contributed by atoms with Crippen molar-refractivity contribution in [2.75, 3.05) is 51.4 Å². The van der Waals surface area contributed by atoms with Crippen molar-refractivity contribution in [2.24, 2.45) is 4.99 Å². The van der Waals surface area contributed by atoms with Crippen LogP contribution < -0.4 is 20.3 Å². The predicted octanol–water partition coefficient (Wildman–Crippen LogP) is 3.18. The van der Waals surface area contributed by atoms with Crippen LogP contribution in [-0.4, -0.2) is 57.4 Å². The summed E-state index contributed by atoms with van der Waals surface area (Å²) < 4.78 is 10.7. The van der Waals surface area contributed by atoms with E-state index in [2.05, 4.69) is 52.6 Å². The molecule has 7 nitrogen and oxygen atoms in total. The Bertz CT molecular complexity index is 819. The van der Waals surface area contributed by atoms with Crippen LogP contribution in [0.1, 0.15) is 37.3 Å². The number of pyridine rings is 1. The van der Waals surface area contributed by atoms with Gasteiger partial charge >= 0.3 is 0 Å². The molecule has 1 aliphatic rings. The molecule has 0 radical (unpaired) electrons. The summed E-state index contributed by atoms with van der Waals surface area (Å²) in [6, 6.07) is 12.4. The van der Waals surface area contributed by atoms with Gasteiger partial charge in [0, 0.05) is 37.9 Å². The number of ether oxygens (including phenoxy) is 2. The first-order valence-corrected chi connectivity index (χ1v) is 11.1. The molecule has 1 aromatic heterocycles. The second kappa shape index (κ2) is 12.2. The van der Waals surface area contributed by atoms with Gasteiger partial charge in [-0.3, -0.25) is 0 Å². The summed E-state index contributed by atoms with van der Waals surface area (Å²) in [4.78, 5) is 11.7. The minimum absolute atomic E-state index is 0.451. The molecule has 7 heteroatoms. The van der Waals surface area contributed by atoms with Gasteiger partial charge in [-0.2, -0.15) is 0 Å². The molecule has 2 aromatic rings. The smallest absolute Gasteiger partial charge is 0.191 e. The molecule has 1 saturated heterocycles. The summed E-state index contributed by atoms with van der Waals surface area (Å²) in [5, 5.41) is 6.82. The van der Waals surface area contributed by atoms with Gasteiger partial charge in [0.2, 0.25) is 0 Å². The fraction of sp³-hybridized carbons (Fsp3) is 0.500. The molecule has 1 unspecified atom stereocenters. The molecule has 1 fully saturated rings. The van der Waals surface area contributed by atoms with E-state index in [9.17, 15) is 0 Å². The van der Waals surface area contributed by atoms with E-state index in [1.807, 2.05) is 24.4 Å². The number of anilines is 1. The van der Waals surface area contributed by atoms with E-state index in [1.165, 1.54) is 5.56 Å². The van der Waals surface area contributed by atoms with Crippen LogP contribution in [0.25, 0.3) is 0 Å². The van der Waals surface area contributed by atoms with Crippen molar-refractivity contribution in [3.63, 3.8) is 0 Å². The number of nitrogens with zero attached hydrogens (tertiary/aromatic N) is 3. The fourth-order valence-electron chi connectivity index (χ4n) is 3.63. The molecular weight excluding hydrogens is 390 g/mol. The lowest BCUT2D eigenvalue weighted by Crippen LogP contribution is -2.38. The number of guanidine groups is 1. The highest BCUT2D eigenvalue weighted by molar-refractivity contribution is 5.79. The summed E-state index contributed by atoms with van der Waals surface area (Å²) in [6.07, 6.45) is 2.87. The summed E-state index contributed by atoms with van der Waals surface area (Å²) in [5.74, 6) is 3.19. The molecule has 1 aliphatic heterocycles. The Morgan fingerprint density at radius 1 is 1.19 bits per heavy atom. The van der Waals surface area contributed by atoms with Crippen LogP contribution in [0.15, 0.2) is 47.6 Å². The van der Waals surface area contributed by atoms with Crippen LogP contribution in [0.3, 0.4) is 0 Å². The van der Waals surface area contributed by atoms with E-state index < -0.39 is 0 Å². The lowest BCUT2D eigenvalue weighted by atomic mass is 9.98. The summed E-state index contributed by atoms with van der Waals surface area (Å²) in [7, 11) is 1.69. The highest BCUT2D eigenvalue weighted by Gasteiger charge is 2.15. The topological polar surface area (TPSA) is 71.0 Å². The van der Waals surface area contributed by atoms with Crippen molar-refractivity contribution in [3.05, 3.63) is 53.7 Å². The third kappa shape index (κ3) is 6.85. The molecule has 2 heterocycles. The number of methoxy groups -OCH3 is 1. The van der Waals surface area contributed by atoms with E-state index in [1.54, 1.807) is 7.11 Å². The van der Waals surface area contributed by atoms with Gasteiger partial charge in [-0.1, -0.05) is 25.1 Å². The van der Waals surface area contributed by atoms with Crippen LogP contribution in [-0.2, 0) is 11.3 Å². The van der Waals surface area contributed by atoms with Gasteiger partial charge in [0.05, 0.1) is 26.9 Å². The maximum absolute atomic E-state index is 5.48. The molecule has 168 valence electrons. The predicted molar refractivity (Wildman–Crippen MR) is 126 cm³/mol. The number of benzene rings is 1. The van der Waals surface area contributed by atoms with Crippen molar-refractivity contribution in [3.8, 4) is 5.75 Å². The first-order chi connectivity index (χ1) is 15.2. The molecule has 0 saturated carbocycles. The van der Waals surface area contributed by atoms with E-state index >= 15 is 0 Å². The summed E-state index contributed by atoms with van der Waals surface area (Å²) in [5.41, 5.74) is 2.45. The molecule has 0 amide bonds. The van der Waals surface area contributed by atoms with Crippen molar-refractivity contribution in [2.45, 2.75) is 32.7 Å². The molecule has 1 atom stereocenters. The Balaban J connectivity index is 1.56. The fourth-order valence-corrected chi connectivity index (χ4v) is 3.63. The maximum Gasteiger partial charge on any atom is 0.191 e. The zero-order valence-electron chi connectivity index (χ0n) is 18.9. The zero-order chi connectivity index (χ0) is 21.9. The van der Waals surface area contributed by atoms with E-state index in [0.29, 0.717) is 12.5 Å². The quantitative estimate of drug-likeness (QED) is 0.475. The van der Waals surface area contributed by atoms with Crippen LogP contribution in [0.2, 0.25) is 0 Å². The highest BCUT2D eigenvalue weighted by atomic mass is 16.5. The first kappa shape index (κ1) is 22.9. The lowest BCUT2D eigenvalue weighted by molar-refractivity contribution is 0.122. The number of nitrogens with one attached hydrogen (secondary N) is 2. The Kier molecular flexibility index (Phi) is 8.97. The van der Waals surface area contributed by atoms with E-state index in [-0.39, 0.29) is 0 Å². The third-order valence-electron chi connectivity index (χ3n) is 5.48. The molecule has 0 aliphatic carbocycles. The van der Waals surface area contributed by atoms with Crippen LogP contribution in [0.5, 0.6) is 5.75 Å². The number of hydrogen-bond acceptors (Lipinski definition) is 5. The summed E-state index contributed by atoms with van der Waals surface area (Å²) >= 11 is 0. The number of aromatic nitrogens is 1. The Hall–Kier alpha value is -2.80. The first-order valence-electron chi connectivity index (χ1n) is 11.1. The number of aliphatic imine (C=N–C) groups is 1. The SMILES string of the molecule is CCNC(=NCc1cccnc1N1CCOCC1)NCCC(C)c1ccc(OC)cc1. The second-order valence-corrected chi connectivity index (χ2v) is 7.67. The number of morpholine rings is 1. The molecule has 0 spiro atoms. The lowest BCUT2D eigenvalue weighted by Gasteiger charge is -2.29. The Labute approximate surface area is 185 Å². The molecule has 3 rings (SSSR count). The third-order valence-corrected chi connectivity index (χ3v) is 5.48. The van der Waals surface area contributed by atoms with E-state index in [0.717, 1.165) is 68.9 Å². The zero-order valence-corrected chi connectivity index (χ0v) is 18.9. The molecular formula is C24H35N5O2. The van der Waals surface area contributed by atoms with Crippen molar-refractivity contribution >= 4 is 11.8 Å². The van der Waals surface area contributed by atoms with Gasteiger partial charge in [-0.15, -0.1) is 0 Å². The molecule has 2 N–H and O–H groups in total. The highest BCUT2D eigenvalue weighted by Crippen LogP contribution is 2.21. The molecule has 1 aromatic carbocycles. The van der Waals surface area contributed by atoms with Gasteiger partial charge in [-0.05, 0) is 43.0 Å².